The van der Waals surface area contributed by atoms with Crippen molar-refractivity contribution in [2.45, 2.75) is 26.2 Å². The number of aromatic carboxylic acids is 1. The molecule has 0 amide bonds. The van der Waals surface area contributed by atoms with Crippen LogP contribution < -0.4 is 10.2 Å². The van der Waals surface area contributed by atoms with Gasteiger partial charge in [0.05, 0.1) is 17.4 Å². The highest BCUT2D eigenvalue weighted by Gasteiger charge is 2.13. The third-order valence-electron chi connectivity index (χ3n) is 5.18. The lowest BCUT2D eigenvalue weighted by atomic mass is 10.1. The van der Waals surface area contributed by atoms with Gasteiger partial charge in [0.25, 0.3) is 0 Å². The van der Waals surface area contributed by atoms with E-state index >= 15 is 0 Å². The monoisotopic (exact) mass is 389 g/mol. The number of rotatable bonds is 4. The van der Waals surface area contributed by atoms with Crippen LogP contribution in [-0.2, 0) is 12.8 Å². The number of carboxylic acids is 1. The van der Waals surface area contributed by atoms with Gasteiger partial charge in [-0.1, -0.05) is 18.2 Å². The van der Waals surface area contributed by atoms with Crippen molar-refractivity contribution in [3.8, 4) is 0 Å². The summed E-state index contributed by atoms with van der Waals surface area (Å²) >= 11 is 0. The number of hydrogen-bond donors (Lipinski definition) is 2. The first-order valence-electron chi connectivity index (χ1n) is 9.77. The number of aromatic nitrogens is 1. The number of anilines is 3. The summed E-state index contributed by atoms with van der Waals surface area (Å²) in [7, 11) is 3.80. The highest BCUT2D eigenvalue weighted by atomic mass is 16.4. The Hall–Kier alpha value is -3.34. The molecule has 0 fully saturated rings. The molecule has 2 N–H and O–H groups in total. The van der Waals surface area contributed by atoms with Crippen LogP contribution in [0.1, 0.15) is 33.5 Å². The summed E-state index contributed by atoms with van der Waals surface area (Å²) in [4.78, 5) is 16.6. The van der Waals surface area contributed by atoms with E-state index < -0.39 is 5.97 Å². The van der Waals surface area contributed by atoms with Gasteiger partial charge in [-0.2, -0.15) is 0 Å². The van der Waals surface area contributed by atoms with E-state index in [0.717, 1.165) is 0 Å². The van der Waals surface area contributed by atoms with Gasteiger partial charge in [-0.15, -0.1) is 0 Å². The molecule has 5 nitrogen and oxygen atoms in total. The van der Waals surface area contributed by atoms with E-state index in [4.69, 9.17) is 5.11 Å². The highest BCUT2D eigenvalue weighted by Crippen LogP contribution is 2.30. The molecule has 150 valence electrons. The van der Waals surface area contributed by atoms with Crippen LogP contribution >= 0.6 is 0 Å². The molecule has 0 unspecified atom stereocenters. The maximum atomic E-state index is 10.5. The maximum Gasteiger partial charge on any atom is 0.337 e. The van der Waals surface area contributed by atoms with E-state index in [-0.39, 0.29) is 5.56 Å². The summed E-state index contributed by atoms with van der Waals surface area (Å²) < 4.78 is 0. The van der Waals surface area contributed by atoms with Crippen LogP contribution in [0.25, 0.3) is 0 Å². The Bertz CT molecular complexity index is 1000. The molecule has 1 heterocycles. The van der Waals surface area contributed by atoms with E-state index in [2.05, 4.69) is 71.6 Å². The highest BCUT2D eigenvalue weighted by molar-refractivity contribution is 5.93. The van der Waals surface area contributed by atoms with Gasteiger partial charge in [0.2, 0.25) is 0 Å². The Morgan fingerprint density at radius 2 is 1.83 bits per heavy atom. The van der Waals surface area contributed by atoms with Gasteiger partial charge in [0.15, 0.2) is 0 Å². The summed E-state index contributed by atoms with van der Waals surface area (Å²) in [6.07, 6.45) is 6.73. The number of hydrogen-bond acceptors (Lipinski definition) is 4. The number of benzene rings is 2. The predicted molar refractivity (Wildman–Crippen MR) is 118 cm³/mol. The molecule has 5 heteroatoms. The molecule has 0 atom stereocenters. The van der Waals surface area contributed by atoms with Gasteiger partial charge >= 0.3 is 5.97 Å². The van der Waals surface area contributed by atoms with Crippen LogP contribution in [0.3, 0.4) is 0 Å². The van der Waals surface area contributed by atoms with Gasteiger partial charge in [-0.25, -0.2) is 4.79 Å². The zero-order valence-electron chi connectivity index (χ0n) is 17.1. The summed E-state index contributed by atoms with van der Waals surface area (Å²) in [5.41, 5.74) is 7.70. The predicted octanol–water partition coefficient (Wildman–Crippen LogP) is 5.07. The average molecular weight is 389 g/mol. The molecule has 3 aromatic rings. The molecule has 0 aliphatic heterocycles. The van der Waals surface area contributed by atoms with Crippen molar-refractivity contribution in [3.63, 3.8) is 0 Å². The van der Waals surface area contributed by atoms with Gasteiger partial charge < -0.3 is 15.3 Å². The Kier molecular flexibility index (Phi) is 6.50. The topological polar surface area (TPSA) is 65.5 Å². The van der Waals surface area contributed by atoms with Crippen LogP contribution in [0.5, 0.6) is 0 Å². The van der Waals surface area contributed by atoms with Crippen LogP contribution in [0, 0.1) is 6.92 Å². The summed E-state index contributed by atoms with van der Waals surface area (Å²) in [6, 6.07) is 17.0. The molecule has 0 saturated carbocycles. The first-order valence-corrected chi connectivity index (χ1v) is 9.77. The van der Waals surface area contributed by atoms with Gasteiger partial charge in [-0.3, -0.25) is 4.98 Å². The third kappa shape index (κ3) is 4.93. The number of pyridine rings is 1. The van der Waals surface area contributed by atoms with E-state index in [1.165, 1.54) is 65.8 Å². The Morgan fingerprint density at radius 3 is 2.52 bits per heavy atom. The van der Waals surface area contributed by atoms with Crippen LogP contribution in [0.15, 0.2) is 60.9 Å². The number of carboxylic acid groups (broad SMARTS) is 1. The zero-order valence-corrected chi connectivity index (χ0v) is 17.1. The molecule has 2 aromatic carbocycles. The van der Waals surface area contributed by atoms with Crippen molar-refractivity contribution in [2.24, 2.45) is 0 Å². The lowest BCUT2D eigenvalue weighted by Gasteiger charge is -2.21. The number of carbonyl (C=O) groups is 1. The van der Waals surface area contributed by atoms with Crippen molar-refractivity contribution in [3.05, 3.63) is 83.2 Å². The quantitative estimate of drug-likeness (QED) is 0.652. The lowest BCUT2D eigenvalue weighted by Crippen LogP contribution is -2.09. The molecule has 0 saturated heterocycles. The van der Waals surface area contributed by atoms with Crippen molar-refractivity contribution in [1.29, 1.82) is 0 Å². The van der Waals surface area contributed by atoms with E-state index in [0.29, 0.717) is 5.69 Å². The van der Waals surface area contributed by atoms with Crippen molar-refractivity contribution in [2.75, 3.05) is 24.3 Å². The average Bonchev–Trinajstić information content (AvgIpc) is 3.21. The summed E-state index contributed by atoms with van der Waals surface area (Å²) in [6.45, 7) is 2.14. The van der Waals surface area contributed by atoms with Crippen molar-refractivity contribution in [1.82, 2.24) is 4.98 Å². The van der Waals surface area contributed by atoms with E-state index in [1.54, 1.807) is 7.05 Å². The minimum atomic E-state index is -0.947. The van der Waals surface area contributed by atoms with E-state index in [1.807, 2.05) is 0 Å². The smallest absolute Gasteiger partial charge is 0.337 e. The Morgan fingerprint density at radius 1 is 1.07 bits per heavy atom. The fourth-order valence-electron chi connectivity index (χ4n) is 3.53. The fraction of sp³-hybridized carbons (Fsp3) is 0.250. The van der Waals surface area contributed by atoms with Crippen molar-refractivity contribution >= 4 is 23.0 Å². The maximum absolute atomic E-state index is 10.5. The van der Waals surface area contributed by atoms with Crippen LogP contribution in [0.2, 0.25) is 0 Å². The molecule has 29 heavy (non-hydrogen) atoms. The second kappa shape index (κ2) is 9.24. The van der Waals surface area contributed by atoms with Crippen molar-refractivity contribution < 1.29 is 9.90 Å². The minimum Gasteiger partial charge on any atom is -0.478 e. The molecular weight excluding hydrogens is 362 g/mol. The molecule has 1 aliphatic carbocycles. The first kappa shape index (κ1) is 20.4. The molecule has 0 radical (unpaired) electrons. The first-order chi connectivity index (χ1) is 14.0. The molecule has 4 rings (SSSR count). The SMILES string of the molecule is CNc1cnccc1C(=O)O.Cc1cccc(N(C)c2ccc3c(c2)CCC3)c1. The molecule has 1 aliphatic rings. The van der Waals surface area contributed by atoms with Crippen LogP contribution in [-0.4, -0.2) is 30.2 Å². The fourth-order valence-corrected chi connectivity index (χ4v) is 3.53. The summed E-state index contributed by atoms with van der Waals surface area (Å²) in [5, 5.41) is 11.4. The van der Waals surface area contributed by atoms with E-state index in [9.17, 15) is 4.79 Å². The Balaban J connectivity index is 0.000000188. The lowest BCUT2D eigenvalue weighted by molar-refractivity contribution is 0.0698. The normalized spacial score (nSPS) is 11.8. The van der Waals surface area contributed by atoms with Gasteiger partial charge in [0.1, 0.15) is 0 Å². The number of fused-ring (bicyclic) bond motifs is 1. The number of aryl methyl sites for hydroxylation is 3. The second-order valence-corrected chi connectivity index (χ2v) is 7.18. The Labute approximate surface area is 172 Å². The number of nitrogens with zero attached hydrogens (tertiary/aromatic N) is 2. The number of nitrogens with one attached hydrogen (secondary N) is 1. The summed E-state index contributed by atoms with van der Waals surface area (Å²) in [5.74, 6) is -0.947. The minimum absolute atomic E-state index is 0.238. The third-order valence-corrected chi connectivity index (χ3v) is 5.18. The molecule has 1 aromatic heterocycles. The molecule has 0 bridgehead atoms. The van der Waals surface area contributed by atoms with Gasteiger partial charge in [0, 0.05) is 31.7 Å². The second-order valence-electron chi connectivity index (χ2n) is 7.18. The van der Waals surface area contributed by atoms with Crippen LogP contribution in [0.4, 0.5) is 17.1 Å². The van der Waals surface area contributed by atoms with Gasteiger partial charge in [-0.05, 0) is 73.2 Å². The largest absolute Gasteiger partial charge is 0.478 e. The standard InChI is InChI=1S/C17H19N.C7H8N2O2/c1-13-5-3-8-16(11-13)18(2)17-10-9-14-6-4-7-15(14)12-17;1-8-6-4-9-3-2-5(6)7(10)11/h3,5,8-12H,4,6-7H2,1-2H3;2-4,8H,1H3,(H,10,11). The molecule has 0 spiro atoms. The molecular formula is C24H27N3O2. The zero-order chi connectivity index (χ0) is 20.8.